The van der Waals surface area contributed by atoms with Gasteiger partial charge in [-0.2, -0.15) is 0 Å². The van der Waals surface area contributed by atoms with E-state index in [1.165, 1.54) is 30.8 Å². The van der Waals surface area contributed by atoms with E-state index in [9.17, 15) is 4.39 Å². The number of rotatable bonds is 7. The van der Waals surface area contributed by atoms with Gasteiger partial charge in [-0.05, 0) is 62.7 Å². The van der Waals surface area contributed by atoms with Crippen LogP contribution in [0.2, 0.25) is 0 Å². The Morgan fingerprint density at radius 2 is 1.75 bits per heavy atom. The van der Waals surface area contributed by atoms with Gasteiger partial charge in [0.2, 0.25) is 0 Å². The predicted octanol–water partition coefficient (Wildman–Crippen LogP) is 4.56. The molecule has 0 aliphatic carbocycles. The van der Waals surface area contributed by atoms with Gasteiger partial charge in [0, 0.05) is 31.9 Å². The highest BCUT2D eigenvalue weighted by Crippen LogP contribution is 2.18. The van der Waals surface area contributed by atoms with Crippen molar-refractivity contribution < 1.29 is 4.39 Å². The van der Waals surface area contributed by atoms with Gasteiger partial charge in [0.25, 0.3) is 0 Å². The summed E-state index contributed by atoms with van der Waals surface area (Å²) in [6.07, 6.45) is 6.74. The normalized spacial score (nSPS) is 15.8. The Labute approximate surface area is 166 Å². The molecule has 0 N–H and O–H groups in total. The Morgan fingerprint density at radius 1 is 0.857 bits per heavy atom. The topological polar surface area (TPSA) is 24.3 Å². The quantitative estimate of drug-likeness (QED) is 0.562. The molecule has 0 bridgehead atoms. The van der Waals surface area contributed by atoms with Gasteiger partial charge in [-0.3, -0.25) is 0 Å². The van der Waals surface area contributed by atoms with Crippen molar-refractivity contribution in [2.24, 2.45) is 0 Å². The molecule has 0 saturated carbocycles. The fraction of sp³-hybridized carbons (Fsp3) is 0.435. The molecule has 1 aliphatic rings. The lowest BCUT2D eigenvalue weighted by molar-refractivity contribution is 0.285. The monoisotopic (exact) mass is 380 g/mol. The van der Waals surface area contributed by atoms with Crippen molar-refractivity contribution in [1.29, 1.82) is 0 Å². The van der Waals surface area contributed by atoms with Gasteiger partial charge in [0.05, 0.1) is 17.4 Å². The Bertz CT molecular complexity index is 891. The van der Waals surface area contributed by atoms with Crippen LogP contribution in [-0.2, 0) is 6.54 Å². The predicted molar refractivity (Wildman–Crippen MR) is 113 cm³/mol. The van der Waals surface area contributed by atoms with Crippen LogP contribution in [0.5, 0.6) is 0 Å². The number of para-hydroxylation sites is 2. The van der Waals surface area contributed by atoms with Crippen molar-refractivity contribution in [2.75, 3.05) is 37.6 Å². The van der Waals surface area contributed by atoms with Gasteiger partial charge < -0.3 is 14.4 Å². The van der Waals surface area contributed by atoms with Crippen LogP contribution in [0.25, 0.3) is 11.0 Å². The van der Waals surface area contributed by atoms with Crippen LogP contribution in [0.4, 0.5) is 10.1 Å². The zero-order valence-electron chi connectivity index (χ0n) is 16.4. The molecule has 1 fully saturated rings. The highest BCUT2D eigenvalue weighted by atomic mass is 19.1. The summed E-state index contributed by atoms with van der Waals surface area (Å²) in [7, 11) is 0. The van der Waals surface area contributed by atoms with E-state index < -0.39 is 0 Å². The van der Waals surface area contributed by atoms with Crippen LogP contribution in [0.1, 0.15) is 25.7 Å². The molecule has 28 heavy (non-hydrogen) atoms. The molecule has 0 amide bonds. The second kappa shape index (κ2) is 9.20. The summed E-state index contributed by atoms with van der Waals surface area (Å²) < 4.78 is 15.7. The second-order valence-electron chi connectivity index (χ2n) is 7.65. The smallest absolute Gasteiger partial charge is 0.125 e. The van der Waals surface area contributed by atoms with E-state index in [2.05, 4.69) is 37.5 Å². The van der Waals surface area contributed by atoms with E-state index in [1.807, 2.05) is 18.5 Å². The third-order valence-electron chi connectivity index (χ3n) is 5.66. The molecule has 3 aromatic rings. The van der Waals surface area contributed by atoms with Crippen molar-refractivity contribution in [3.8, 4) is 0 Å². The fourth-order valence-corrected chi connectivity index (χ4v) is 4.11. The average Bonchev–Trinajstić information content (AvgIpc) is 2.97. The van der Waals surface area contributed by atoms with Crippen LogP contribution in [0.3, 0.4) is 0 Å². The maximum absolute atomic E-state index is 13.5. The molecule has 0 atom stereocenters. The lowest BCUT2D eigenvalue weighted by atomic mass is 10.2. The first kappa shape index (κ1) is 18.9. The van der Waals surface area contributed by atoms with Gasteiger partial charge in [-0.15, -0.1) is 0 Å². The highest BCUT2D eigenvalue weighted by Gasteiger charge is 2.15. The first-order chi connectivity index (χ1) is 13.8. The number of hydrogen-bond donors (Lipinski definition) is 0. The van der Waals surface area contributed by atoms with Crippen molar-refractivity contribution >= 4 is 16.7 Å². The van der Waals surface area contributed by atoms with Gasteiger partial charge in [0.1, 0.15) is 5.82 Å². The largest absolute Gasteiger partial charge is 0.370 e. The van der Waals surface area contributed by atoms with Crippen molar-refractivity contribution in [2.45, 2.75) is 32.2 Å². The van der Waals surface area contributed by atoms with E-state index in [1.54, 1.807) is 12.1 Å². The molecule has 4 rings (SSSR count). The van der Waals surface area contributed by atoms with Gasteiger partial charge in [-0.25, -0.2) is 9.37 Å². The maximum atomic E-state index is 13.5. The lowest BCUT2D eigenvalue weighted by Crippen LogP contribution is -2.31. The van der Waals surface area contributed by atoms with Gasteiger partial charge in [-0.1, -0.05) is 24.6 Å². The number of aromatic nitrogens is 2. The molecule has 1 saturated heterocycles. The molecule has 1 aliphatic heterocycles. The van der Waals surface area contributed by atoms with Crippen molar-refractivity contribution in [3.05, 3.63) is 60.7 Å². The summed E-state index contributed by atoms with van der Waals surface area (Å²) in [4.78, 5) is 9.34. The third kappa shape index (κ3) is 4.71. The minimum atomic E-state index is -0.149. The summed E-state index contributed by atoms with van der Waals surface area (Å²) >= 11 is 0. The van der Waals surface area contributed by atoms with Crippen LogP contribution >= 0.6 is 0 Å². The molecule has 0 spiro atoms. The van der Waals surface area contributed by atoms with Gasteiger partial charge in [0.15, 0.2) is 0 Å². The summed E-state index contributed by atoms with van der Waals surface area (Å²) in [6, 6.07) is 15.3. The number of hydrogen-bond acceptors (Lipinski definition) is 3. The summed E-state index contributed by atoms with van der Waals surface area (Å²) in [5.74, 6) is -0.149. The number of imidazole rings is 1. The third-order valence-corrected chi connectivity index (χ3v) is 5.66. The molecule has 0 unspecified atom stereocenters. The molecule has 5 heteroatoms. The number of aryl methyl sites for hydroxylation is 1. The Balaban J connectivity index is 1.18. The number of nitrogens with zero attached hydrogens (tertiary/aromatic N) is 4. The maximum Gasteiger partial charge on any atom is 0.125 e. The minimum absolute atomic E-state index is 0.149. The number of anilines is 1. The zero-order chi connectivity index (χ0) is 19.2. The van der Waals surface area contributed by atoms with Crippen molar-refractivity contribution in [1.82, 2.24) is 14.5 Å². The van der Waals surface area contributed by atoms with Crippen LogP contribution in [0, 0.1) is 5.82 Å². The van der Waals surface area contributed by atoms with E-state index in [4.69, 9.17) is 0 Å². The van der Waals surface area contributed by atoms with E-state index in [0.29, 0.717) is 0 Å². The number of benzene rings is 2. The molecule has 4 nitrogen and oxygen atoms in total. The summed E-state index contributed by atoms with van der Waals surface area (Å²) in [6.45, 7) is 6.37. The number of unbranched alkanes of at least 4 members (excludes halogenated alkanes) is 2. The zero-order valence-corrected chi connectivity index (χ0v) is 16.4. The second-order valence-corrected chi connectivity index (χ2v) is 7.65. The minimum Gasteiger partial charge on any atom is -0.370 e. The number of halogens is 1. The molecule has 1 aromatic heterocycles. The fourth-order valence-electron chi connectivity index (χ4n) is 4.11. The molecule has 2 aromatic carbocycles. The average molecular weight is 381 g/mol. The number of fused-ring (bicyclic) bond motifs is 1. The van der Waals surface area contributed by atoms with Crippen LogP contribution in [0.15, 0.2) is 54.9 Å². The van der Waals surface area contributed by atoms with Crippen LogP contribution < -0.4 is 4.90 Å². The Kier molecular flexibility index (Phi) is 6.22. The summed E-state index contributed by atoms with van der Waals surface area (Å²) in [5.41, 5.74) is 3.32. The van der Waals surface area contributed by atoms with E-state index >= 15 is 0 Å². The Morgan fingerprint density at radius 3 is 2.68 bits per heavy atom. The molecule has 0 radical (unpaired) electrons. The van der Waals surface area contributed by atoms with Crippen LogP contribution in [-0.4, -0.2) is 47.2 Å². The summed E-state index contributed by atoms with van der Waals surface area (Å²) in [5, 5.41) is 0. The van der Waals surface area contributed by atoms with Gasteiger partial charge >= 0.3 is 0 Å². The molecular formula is C23H29FN4. The molecule has 148 valence electrons. The van der Waals surface area contributed by atoms with E-state index in [0.717, 1.165) is 56.9 Å². The standard InChI is InChI=1S/C23H29FN4/c24-20-8-6-9-21(18-20)27-15-7-13-26(16-17-27)12-4-1-5-14-28-19-25-22-10-2-3-11-23(22)28/h2-3,6,8-11,18-19H,1,4-5,7,12-17H2. The first-order valence-corrected chi connectivity index (χ1v) is 10.4. The first-order valence-electron chi connectivity index (χ1n) is 10.4. The molecular weight excluding hydrogens is 351 g/mol. The highest BCUT2D eigenvalue weighted by molar-refractivity contribution is 5.74. The Hall–Kier alpha value is -2.40. The lowest BCUT2D eigenvalue weighted by Gasteiger charge is -2.23. The SMILES string of the molecule is Fc1cccc(N2CCCN(CCCCCn3cnc4ccccc43)CC2)c1. The van der Waals surface area contributed by atoms with Crippen molar-refractivity contribution in [3.63, 3.8) is 0 Å². The van der Waals surface area contributed by atoms with E-state index in [-0.39, 0.29) is 5.82 Å². The molecule has 2 heterocycles.